The minimum Gasteiger partial charge on any atom is -0.486 e. The van der Waals surface area contributed by atoms with Crippen LogP contribution in [0.25, 0.3) is 0 Å². The third kappa shape index (κ3) is 2.68. The van der Waals surface area contributed by atoms with Crippen LogP contribution in [0.15, 0.2) is 18.2 Å². The average molecular weight is 259 g/mol. The normalized spacial score (nSPS) is 13.9. The molecule has 1 aliphatic rings. The van der Waals surface area contributed by atoms with Crippen LogP contribution >= 0.6 is 0 Å². The van der Waals surface area contributed by atoms with E-state index in [0.717, 1.165) is 42.7 Å². The van der Waals surface area contributed by atoms with Crippen LogP contribution in [0.2, 0.25) is 0 Å². The molecule has 0 fully saturated rings. The molecule has 2 rings (SSSR count). The predicted octanol–water partition coefficient (Wildman–Crippen LogP) is 3.82. The summed E-state index contributed by atoms with van der Waals surface area (Å²) in [5, 5.41) is 9.67. The Bertz CT molecular complexity index is 470. The first-order valence-corrected chi connectivity index (χ1v) is 7.07. The van der Waals surface area contributed by atoms with Gasteiger partial charge in [0, 0.05) is 0 Å². The number of nitriles is 1. The van der Waals surface area contributed by atoms with Gasteiger partial charge in [0.1, 0.15) is 13.2 Å². The van der Waals surface area contributed by atoms with Crippen molar-refractivity contribution in [2.24, 2.45) is 0 Å². The van der Waals surface area contributed by atoms with E-state index in [1.165, 1.54) is 0 Å². The van der Waals surface area contributed by atoms with Gasteiger partial charge in [0.15, 0.2) is 11.5 Å². The van der Waals surface area contributed by atoms with Crippen molar-refractivity contribution < 1.29 is 9.47 Å². The maximum Gasteiger partial charge on any atom is 0.161 e. The van der Waals surface area contributed by atoms with Crippen LogP contribution < -0.4 is 9.47 Å². The Morgan fingerprint density at radius 1 is 1.11 bits per heavy atom. The molecule has 0 amide bonds. The van der Waals surface area contributed by atoms with Gasteiger partial charge >= 0.3 is 0 Å². The number of rotatable bonds is 5. The quantitative estimate of drug-likeness (QED) is 0.807. The molecule has 1 heterocycles. The summed E-state index contributed by atoms with van der Waals surface area (Å²) < 4.78 is 11.2. The fraction of sp³-hybridized carbons (Fsp3) is 0.562. The summed E-state index contributed by atoms with van der Waals surface area (Å²) in [4.78, 5) is 0. The van der Waals surface area contributed by atoms with Crippen LogP contribution in [0.1, 0.15) is 45.1 Å². The van der Waals surface area contributed by atoms with E-state index in [9.17, 15) is 5.26 Å². The van der Waals surface area contributed by atoms with Crippen molar-refractivity contribution in [3.05, 3.63) is 23.8 Å². The van der Waals surface area contributed by atoms with Gasteiger partial charge in [-0.25, -0.2) is 0 Å². The first-order valence-electron chi connectivity index (χ1n) is 7.07. The molecule has 0 saturated heterocycles. The van der Waals surface area contributed by atoms with Gasteiger partial charge in [-0.3, -0.25) is 0 Å². The molecular formula is C16H21NO2. The Hall–Kier alpha value is -1.69. The van der Waals surface area contributed by atoms with Crippen LogP contribution in [0.3, 0.4) is 0 Å². The van der Waals surface area contributed by atoms with Crippen LogP contribution in [0.4, 0.5) is 0 Å². The Kier molecular flexibility index (Phi) is 4.31. The Balaban J connectivity index is 2.39. The topological polar surface area (TPSA) is 42.2 Å². The van der Waals surface area contributed by atoms with Gasteiger partial charge in [-0.05, 0) is 30.5 Å². The number of fused-ring (bicyclic) bond motifs is 1. The lowest BCUT2D eigenvalue weighted by Gasteiger charge is -2.28. The minimum absolute atomic E-state index is 0.390. The van der Waals surface area contributed by atoms with Crippen LogP contribution in [0.5, 0.6) is 11.5 Å². The monoisotopic (exact) mass is 259 g/mol. The van der Waals surface area contributed by atoms with Crippen molar-refractivity contribution in [3.63, 3.8) is 0 Å². The summed E-state index contributed by atoms with van der Waals surface area (Å²) in [5.74, 6) is 1.56. The molecule has 0 saturated carbocycles. The zero-order valence-corrected chi connectivity index (χ0v) is 11.7. The fourth-order valence-corrected chi connectivity index (χ4v) is 2.78. The average Bonchev–Trinajstić information content (AvgIpc) is 2.46. The van der Waals surface area contributed by atoms with E-state index in [2.05, 4.69) is 19.9 Å². The second kappa shape index (κ2) is 5.97. The second-order valence-corrected chi connectivity index (χ2v) is 5.05. The molecule has 1 aromatic carbocycles. The molecule has 1 aromatic rings. The van der Waals surface area contributed by atoms with Crippen LogP contribution in [0, 0.1) is 11.3 Å². The maximum absolute atomic E-state index is 9.67. The summed E-state index contributed by atoms with van der Waals surface area (Å²) in [6.07, 6.45) is 3.78. The fourth-order valence-electron chi connectivity index (χ4n) is 2.78. The van der Waals surface area contributed by atoms with E-state index in [1.807, 2.05) is 18.2 Å². The molecule has 0 bridgehead atoms. The van der Waals surface area contributed by atoms with Crippen molar-refractivity contribution in [2.75, 3.05) is 13.2 Å². The molecule has 19 heavy (non-hydrogen) atoms. The van der Waals surface area contributed by atoms with Crippen LogP contribution in [-0.4, -0.2) is 13.2 Å². The summed E-state index contributed by atoms with van der Waals surface area (Å²) in [7, 11) is 0. The molecule has 0 atom stereocenters. The molecule has 0 N–H and O–H groups in total. The second-order valence-electron chi connectivity index (χ2n) is 5.05. The highest BCUT2D eigenvalue weighted by Gasteiger charge is 2.31. The largest absolute Gasteiger partial charge is 0.486 e. The number of hydrogen-bond donors (Lipinski definition) is 0. The lowest BCUT2D eigenvalue weighted by atomic mass is 9.74. The minimum atomic E-state index is -0.390. The van der Waals surface area contributed by atoms with Crippen molar-refractivity contribution in [1.82, 2.24) is 0 Å². The lowest BCUT2D eigenvalue weighted by Crippen LogP contribution is -2.24. The SMILES string of the molecule is CCCC(C#N)(CCC)c1ccc2c(c1)OCCO2. The van der Waals surface area contributed by atoms with E-state index < -0.39 is 0 Å². The highest BCUT2D eigenvalue weighted by atomic mass is 16.6. The predicted molar refractivity (Wildman–Crippen MR) is 74.5 cm³/mol. The van der Waals surface area contributed by atoms with E-state index >= 15 is 0 Å². The maximum atomic E-state index is 9.67. The van der Waals surface area contributed by atoms with E-state index in [-0.39, 0.29) is 5.41 Å². The summed E-state index contributed by atoms with van der Waals surface area (Å²) >= 11 is 0. The molecule has 0 aromatic heterocycles. The highest BCUT2D eigenvalue weighted by molar-refractivity contribution is 5.47. The first-order chi connectivity index (χ1) is 9.25. The van der Waals surface area contributed by atoms with Crippen LogP contribution in [-0.2, 0) is 5.41 Å². The van der Waals surface area contributed by atoms with E-state index in [4.69, 9.17) is 9.47 Å². The first kappa shape index (κ1) is 13.7. The summed E-state index contributed by atoms with van der Waals surface area (Å²) in [5.41, 5.74) is 0.669. The highest BCUT2D eigenvalue weighted by Crippen LogP contribution is 2.39. The van der Waals surface area contributed by atoms with Gasteiger partial charge in [0.25, 0.3) is 0 Å². The number of benzene rings is 1. The van der Waals surface area contributed by atoms with Gasteiger partial charge in [-0.2, -0.15) is 5.26 Å². The zero-order chi connectivity index (χ0) is 13.7. The molecule has 0 unspecified atom stereocenters. The lowest BCUT2D eigenvalue weighted by molar-refractivity contribution is 0.171. The molecule has 0 aliphatic carbocycles. The summed E-state index contributed by atoms with van der Waals surface area (Å²) in [6.45, 7) is 5.43. The van der Waals surface area contributed by atoms with E-state index in [1.54, 1.807) is 0 Å². The van der Waals surface area contributed by atoms with Gasteiger partial charge in [0.05, 0.1) is 11.5 Å². The molecule has 102 valence electrons. The molecule has 1 aliphatic heterocycles. The molecule has 0 spiro atoms. The number of nitrogens with zero attached hydrogens (tertiary/aromatic N) is 1. The Morgan fingerprint density at radius 2 is 1.74 bits per heavy atom. The van der Waals surface area contributed by atoms with Gasteiger partial charge < -0.3 is 9.47 Å². The molecule has 3 heteroatoms. The zero-order valence-electron chi connectivity index (χ0n) is 11.7. The molecule has 3 nitrogen and oxygen atoms in total. The van der Waals surface area contributed by atoms with Crippen molar-refractivity contribution >= 4 is 0 Å². The van der Waals surface area contributed by atoms with Crippen molar-refractivity contribution in [1.29, 1.82) is 5.26 Å². The van der Waals surface area contributed by atoms with Crippen molar-refractivity contribution in [2.45, 2.75) is 44.9 Å². The van der Waals surface area contributed by atoms with E-state index in [0.29, 0.717) is 13.2 Å². The number of hydrogen-bond acceptors (Lipinski definition) is 3. The van der Waals surface area contributed by atoms with Crippen molar-refractivity contribution in [3.8, 4) is 17.6 Å². The third-order valence-electron chi connectivity index (χ3n) is 3.66. The van der Waals surface area contributed by atoms with Gasteiger partial charge in [-0.15, -0.1) is 0 Å². The van der Waals surface area contributed by atoms with Gasteiger partial charge in [-0.1, -0.05) is 32.8 Å². The number of ether oxygens (including phenoxy) is 2. The van der Waals surface area contributed by atoms with Gasteiger partial charge in [0.2, 0.25) is 0 Å². The molecule has 0 radical (unpaired) electrons. The summed E-state index contributed by atoms with van der Waals surface area (Å²) in [6, 6.07) is 8.48. The third-order valence-corrected chi connectivity index (χ3v) is 3.66. The standard InChI is InChI=1S/C16H21NO2/c1-3-7-16(12-17,8-4-2)13-5-6-14-15(11-13)19-10-9-18-14/h5-6,11H,3-4,7-10H2,1-2H3. The Labute approximate surface area is 115 Å². The smallest absolute Gasteiger partial charge is 0.161 e. The molecular weight excluding hydrogens is 238 g/mol. The Morgan fingerprint density at radius 3 is 2.32 bits per heavy atom.